The number of morpholine rings is 1. The standard InChI is InChI=1S/C20H31N2O6P/c1-14(23)21-9-4-2-3-8-19(29(26)27)18-12-22-17(13-28-18)11-15-6-5-7-16(10-15)20(24)25/h5-7,10,17-19,22,29H,2-4,8-9,11-13H2,1H3,(H,21,23)(H,24,25)(H,26,27)/t17-,18+,19?/m1/s1. The van der Waals surface area contributed by atoms with Crippen LogP contribution in [0.4, 0.5) is 0 Å². The Bertz CT molecular complexity index is 706. The predicted octanol–water partition coefficient (Wildman–Crippen LogP) is 1.82. The van der Waals surface area contributed by atoms with E-state index >= 15 is 0 Å². The lowest BCUT2D eigenvalue weighted by Crippen LogP contribution is -2.50. The Morgan fingerprint density at radius 3 is 2.76 bits per heavy atom. The molecular formula is C20H31N2O6P. The summed E-state index contributed by atoms with van der Waals surface area (Å²) in [5, 5.41) is 15.2. The van der Waals surface area contributed by atoms with Gasteiger partial charge in [0.1, 0.15) is 0 Å². The largest absolute Gasteiger partial charge is 0.478 e. The molecule has 4 N–H and O–H groups in total. The van der Waals surface area contributed by atoms with E-state index in [0.717, 1.165) is 24.8 Å². The number of carbonyl (C=O) groups is 2. The monoisotopic (exact) mass is 426 g/mol. The highest BCUT2D eigenvalue weighted by Crippen LogP contribution is 2.32. The molecule has 1 fully saturated rings. The Balaban J connectivity index is 1.76. The molecule has 1 aliphatic rings. The fourth-order valence-corrected chi connectivity index (χ4v) is 4.53. The molecule has 2 rings (SSSR count). The van der Waals surface area contributed by atoms with Gasteiger partial charge >= 0.3 is 5.97 Å². The molecule has 1 aromatic carbocycles. The van der Waals surface area contributed by atoms with Crippen LogP contribution in [0.25, 0.3) is 0 Å². The topological polar surface area (TPSA) is 125 Å². The fraction of sp³-hybridized carbons (Fsp3) is 0.600. The van der Waals surface area contributed by atoms with Crippen LogP contribution < -0.4 is 10.6 Å². The Kier molecular flexibility index (Phi) is 9.81. The lowest BCUT2D eigenvalue weighted by Gasteiger charge is -2.34. The summed E-state index contributed by atoms with van der Waals surface area (Å²) in [6.07, 6.45) is 3.49. The van der Waals surface area contributed by atoms with E-state index in [1.807, 2.05) is 6.07 Å². The number of benzene rings is 1. The zero-order valence-corrected chi connectivity index (χ0v) is 17.7. The van der Waals surface area contributed by atoms with Crippen molar-refractivity contribution < 1.29 is 28.9 Å². The first-order chi connectivity index (χ1) is 13.9. The zero-order valence-electron chi connectivity index (χ0n) is 16.7. The van der Waals surface area contributed by atoms with Gasteiger partial charge in [-0.05, 0) is 37.0 Å². The number of hydrogen-bond acceptors (Lipinski definition) is 5. The normalized spacial score (nSPS) is 21.3. The van der Waals surface area contributed by atoms with E-state index in [2.05, 4.69) is 10.6 Å². The molecule has 4 atom stereocenters. The fourth-order valence-electron chi connectivity index (χ4n) is 3.54. The molecule has 1 aliphatic heterocycles. The molecule has 8 nitrogen and oxygen atoms in total. The maximum Gasteiger partial charge on any atom is 0.335 e. The molecule has 0 radical (unpaired) electrons. The third-order valence-corrected chi connectivity index (χ3v) is 6.40. The second-order valence-corrected chi connectivity index (χ2v) is 8.88. The van der Waals surface area contributed by atoms with Crippen molar-refractivity contribution in [3.63, 3.8) is 0 Å². The minimum Gasteiger partial charge on any atom is -0.478 e. The first-order valence-electron chi connectivity index (χ1n) is 10.0. The molecular weight excluding hydrogens is 395 g/mol. The molecule has 162 valence electrons. The molecule has 0 bridgehead atoms. The van der Waals surface area contributed by atoms with Gasteiger partial charge in [-0.1, -0.05) is 25.0 Å². The summed E-state index contributed by atoms with van der Waals surface area (Å²) < 4.78 is 17.7. The van der Waals surface area contributed by atoms with Gasteiger partial charge in [-0.25, -0.2) is 4.79 Å². The quantitative estimate of drug-likeness (QED) is 0.314. The van der Waals surface area contributed by atoms with Crippen LogP contribution in [0, 0.1) is 0 Å². The van der Waals surface area contributed by atoms with Gasteiger partial charge < -0.3 is 25.4 Å². The second-order valence-electron chi connectivity index (χ2n) is 7.46. The van der Waals surface area contributed by atoms with Crippen molar-refractivity contribution >= 4 is 19.9 Å². The summed E-state index contributed by atoms with van der Waals surface area (Å²) >= 11 is 0. The molecule has 0 aliphatic carbocycles. The molecule has 1 saturated heterocycles. The van der Waals surface area contributed by atoms with Crippen molar-refractivity contribution in [2.45, 2.75) is 56.8 Å². The summed E-state index contributed by atoms with van der Waals surface area (Å²) in [6.45, 7) is 3.02. The highest BCUT2D eigenvalue weighted by Gasteiger charge is 2.31. The van der Waals surface area contributed by atoms with Crippen molar-refractivity contribution in [2.24, 2.45) is 0 Å². The lowest BCUT2D eigenvalue weighted by atomic mass is 10.0. The molecule has 0 aromatic heterocycles. The highest BCUT2D eigenvalue weighted by atomic mass is 31.1. The number of hydrogen-bond donors (Lipinski definition) is 4. The minimum atomic E-state index is -2.72. The number of aromatic carboxylic acids is 1. The van der Waals surface area contributed by atoms with Crippen molar-refractivity contribution in [1.82, 2.24) is 10.6 Å². The number of rotatable bonds is 11. The van der Waals surface area contributed by atoms with Crippen molar-refractivity contribution in [3.8, 4) is 0 Å². The number of nitrogens with one attached hydrogen (secondary N) is 2. The average molecular weight is 426 g/mol. The van der Waals surface area contributed by atoms with Crippen molar-refractivity contribution in [2.75, 3.05) is 19.7 Å². The van der Waals surface area contributed by atoms with Gasteiger partial charge in [0.2, 0.25) is 5.91 Å². The summed E-state index contributed by atoms with van der Waals surface area (Å²) in [6, 6.07) is 6.87. The highest BCUT2D eigenvalue weighted by molar-refractivity contribution is 7.39. The Labute approximate surface area is 171 Å². The Hall–Kier alpha value is -1.73. The maximum absolute atomic E-state index is 11.8. The third kappa shape index (κ3) is 8.26. The maximum atomic E-state index is 11.8. The van der Waals surface area contributed by atoms with E-state index in [0.29, 0.717) is 32.5 Å². The van der Waals surface area contributed by atoms with Crippen LogP contribution in [-0.4, -0.2) is 59.4 Å². The molecule has 2 unspecified atom stereocenters. The van der Waals surface area contributed by atoms with Crippen LogP contribution in [-0.2, 0) is 20.5 Å². The molecule has 29 heavy (non-hydrogen) atoms. The summed E-state index contributed by atoms with van der Waals surface area (Å²) in [7, 11) is -2.72. The van der Waals surface area contributed by atoms with Gasteiger partial charge in [-0.15, -0.1) is 0 Å². The van der Waals surface area contributed by atoms with E-state index in [4.69, 9.17) is 9.84 Å². The van der Waals surface area contributed by atoms with Gasteiger partial charge in [-0.2, -0.15) is 0 Å². The number of amides is 1. The van der Waals surface area contributed by atoms with Gasteiger partial charge in [0.05, 0.1) is 23.9 Å². The summed E-state index contributed by atoms with van der Waals surface area (Å²) in [4.78, 5) is 31.7. The second kappa shape index (κ2) is 12.1. The first-order valence-corrected chi connectivity index (χ1v) is 11.4. The average Bonchev–Trinajstić information content (AvgIpc) is 2.68. The van der Waals surface area contributed by atoms with Crippen molar-refractivity contribution in [3.05, 3.63) is 35.4 Å². The van der Waals surface area contributed by atoms with Crippen LogP contribution in [0.3, 0.4) is 0 Å². The molecule has 0 saturated carbocycles. The lowest BCUT2D eigenvalue weighted by molar-refractivity contribution is -0.118. The van der Waals surface area contributed by atoms with Gasteiger partial charge in [0.25, 0.3) is 0 Å². The Morgan fingerprint density at radius 1 is 1.34 bits per heavy atom. The van der Waals surface area contributed by atoms with E-state index in [-0.39, 0.29) is 29.3 Å². The van der Waals surface area contributed by atoms with Gasteiger partial charge in [-0.3, -0.25) is 9.36 Å². The van der Waals surface area contributed by atoms with Crippen molar-refractivity contribution in [1.29, 1.82) is 0 Å². The first kappa shape index (κ1) is 23.5. The van der Waals surface area contributed by atoms with Gasteiger partial charge in [0.15, 0.2) is 8.03 Å². The Morgan fingerprint density at radius 2 is 2.14 bits per heavy atom. The van der Waals surface area contributed by atoms with E-state index < -0.39 is 14.0 Å². The van der Waals surface area contributed by atoms with Crippen LogP contribution >= 0.6 is 8.03 Å². The number of ether oxygens (including phenoxy) is 1. The predicted molar refractivity (Wildman–Crippen MR) is 111 cm³/mol. The van der Waals surface area contributed by atoms with Crippen LogP contribution in [0.2, 0.25) is 0 Å². The van der Waals surface area contributed by atoms with Crippen LogP contribution in [0.15, 0.2) is 24.3 Å². The molecule has 1 amide bonds. The molecule has 1 aromatic rings. The molecule has 1 heterocycles. The van der Waals surface area contributed by atoms with Crippen LogP contribution in [0.5, 0.6) is 0 Å². The minimum absolute atomic E-state index is 0.0367. The molecule has 0 spiro atoms. The molecule has 9 heteroatoms. The van der Waals surface area contributed by atoms with Gasteiger partial charge in [0, 0.05) is 26.1 Å². The third-order valence-electron chi connectivity index (χ3n) is 5.11. The number of unbranched alkanes of at least 4 members (excludes halogenated alkanes) is 2. The SMILES string of the molecule is CC(=O)NCCCCCC([C@@H]1CN[C@H](Cc2cccc(C(=O)O)c2)CO1)[PH](=O)O. The van der Waals surface area contributed by atoms with Crippen LogP contribution in [0.1, 0.15) is 48.5 Å². The summed E-state index contributed by atoms with van der Waals surface area (Å²) in [5.41, 5.74) is 0.787. The smallest absolute Gasteiger partial charge is 0.335 e. The summed E-state index contributed by atoms with van der Waals surface area (Å²) in [5.74, 6) is -0.998. The number of carbonyl (C=O) groups excluding carboxylic acids is 1. The number of carboxylic acid groups (broad SMARTS) is 1. The number of carboxylic acids is 1. The zero-order chi connectivity index (χ0) is 21.2. The van der Waals surface area contributed by atoms with E-state index in [9.17, 15) is 19.0 Å². The van der Waals surface area contributed by atoms with E-state index in [1.165, 1.54) is 6.92 Å². The van der Waals surface area contributed by atoms with E-state index in [1.54, 1.807) is 18.2 Å².